The van der Waals surface area contributed by atoms with Crippen LogP contribution in [0.2, 0.25) is 0 Å². The van der Waals surface area contributed by atoms with Crippen LogP contribution in [0.1, 0.15) is 31.4 Å². The third-order valence-electron chi connectivity index (χ3n) is 2.77. The van der Waals surface area contributed by atoms with Crippen LogP contribution in [0.25, 0.3) is 0 Å². The van der Waals surface area contributed by atoms with Crippen LogP contribution >= 0.6 is 0 Å². The van der Waals surface area contributed by atoms with Crippen LogP contribution in [-0.4, -0.2) is 20.5 Å². The van der Waals surface area contributed by atoms with Crippen molar-refractivity contribution in [2.24, 2.45) is 0 Å². The highest BCUT2D eigenvalue weighted by Crippen LogP contribution is 2.37. The van der Waals surface area contributed by atoms with E-state index < -0.39 is 5.67 Å². The van der Waals surface area contributed by atoms with Crippen molar-refractivity contribution in [3.8, 4) is 11.5 Å². The number of carbonyl (C=O) groups is 1. The van der Waals surface area contributed by atoms with Gasteiger partial charge in [-0.25, -0.2) is 4.39 Å². The zero-order valence-electron chi connectivity index (χ0n) is 11.2. The molecule has 0 radical (unpaired) electrons. The number of alkyl halides is 1. The third-order valence-corrected chi connectivity index (χ3v) is 2.77. The van der Waals surface area contributed by atoms with Gasteiger partial charge in [-0.1, -0.05) is 0 Å². The molecule has 0 bridgehead atoms. The molecule has 18 heavy (non-hydrogen) atoms. The molecule has 4 heteroatoms. The molecule has 1 aromatic rings. The van der Waals surface area contributed by atoms with Gasteiger partial charge in [0, 0.05) is 18.1 Å². The summed E-state index contributed by atoms with van der Waals surface area (Å²) in [4.78, 5) is 10.4. The van der Waals surface area contributed by atoms with E-state index in [1.54, 1.807) is 19.2 Å². The van der Waals surface area contributed by atoms with Crippen LogP contribution in [0.3, 0.4) is 0 Å². The predicted octanol–water partition coefficient (Wildman–Crippen LogP) is 3.04. The summed E-state index contributed by atoms with van der Waals surface area (Å²) >= 11 is 0. The minimum Gasteiger partial charge on any atom is -0.496 e. The van der Waals surface area contributed by atoms with E-state index >= 15 is 0 Å². The molecule has 0 aliphatic carbocycles. The van der Waals surface area contributed by atoms with Gasteiger partial charge in [0.2, 0.25) is 0 Å². The van der Waals surface area contributed by atoms with Crippen molar-refractivity contribution in [2.45, 2.75) is 32.4 Å². The number of benzene rings is 1. The Bertz CT molecular complexity index is 422. The SMILES string of the molecule is COc1cc(OC)c(C(C)(C)F)cc1CCC=O. The second kappa shape index (κ2) is 5.85. The Morgan fingerprint density at radius 3 is 2.28 bits per heavy atom. The molecule has 0 saturated carbocycles. The highest BCUT2D eigenvalue weighted by molar-refractivity contribution is 5.53. The second-order valence-corrected chi connectivity index (χ2v) is 4.54. The van der Waals surface area contributed by atoms with Crippen molar-refractivity contribution >= 4 is 6.29 Å². The Morgan fingerprint density at radius 1 is 1.22 bits per heavy atom. The van der Waals surface area contributed by atoms with Gasteiger partial charge in [0.05, 0.1) is 14.2 Å². The monoisotopic (exact) mass is 254 g/mol. The first-order chi connectivity index (χ1) is 8.43. The summed E-state index contributed by atoms with van der Waals surface area (Å²) in [5.74, 6) is 1.07. The zero-order chi connectivity index (χ0) is 13.8. The van der Waals surface area contributed by atoms with Crippen molar-refractivity contribution < 1.29 is 18.7 Å². The minimum absolute atomic E-state index is 0.384. The van der Waals surface area contributed by atoms with Gasteiger partial charge in [-0.3, -0.25) is 0 Å². The van der Waals surface area contributed by atoms with Crippen molar-refractivity contribution in [2.75, 3.05) is 14.2 Å². The lowest BCUT2D eigenvalue weighted by Crippen LogP contribution is -2.12. The summed E-state index contributed by atoms with van der Waals surface area (Å²) in [5, 5.41) is 0. The smallest absolute Gasteiger partial charge is 0.134 e. The molecule has 1 rings (SSSR count). The largest absolute Gasteiger partial charge is 0.496 e. The number of aryl methyl sites for hydroxylation is 1. The first kappa shape index (κ1) is 14.5. The summed E-state index contributed by atoms with van der Waals surface area (Å²) in [5.41, 5.74) is -0.231. The maximum absolute atomic E-state index is 14.1. The molecule has 0 amide bonds. The molecule has 0 fully saturated rings. The first-order valence-electron chi connectivity index (χ1n) is 5.82. The number of methoxy groups -OCH3 is 2. The number of hydrogen-bond donors (Lipinski definition) is 0. The van der Waals surface area contributed by atoms with Crippen LogP contribution in [0, 0.1) is 0 Å². The fraction of sp³-hybridized carbons (Fsp3) is 0.500. The molecule has 0 unspecified atom stereocenters. The summed E-state index contributed by atoms with van der Waals surface area (Å²) in [6.45, 7) is 2.95. The topological polar surface area (TPSA) is 35.5 Å². The number of ether oxygens (including phenoxy) is 2. The second-order valence-electron chi connectivity index (χ2n) is 4.54. The minimum atomic E-state index is -1.51. The van der Waals surface area contributed by atoms with Crippen molar-refractivity contribution in [3.05, 3.63) is 23.3 Å². The quantitative estimate of drug-likeness (QED) is 0.732. The molecule has 0 saturated heterocycles. The van der Waals surface area contributed by atoms with Crippen LogP contribution in [0.4, 0.5) is 4.39 Å². The molecule has 0 aromatic heterocycles. The molecule has 0 atom stereocenters. The number of rotatable bonds is 6. The Balaban J connectivity index is 3.29. The van der Waals surface area contributed by atoms with Gasteiger partial charge in [-0.2, -0.15) is 0 Å². The normalized spacial score (nSPS) is 11.2. The lowest BCUT2D eigenvalue weighted by Gasteiger charge is -2.21. The molecular formula is C14H19FO3. The van der Waals surface area contributed by atoms with E-state index in [1.807, 2.05) is 0 Å². The Kier molecular flexibility index (Phi) is 4.70. The highest BCUT2D eigenvalue weighted by atomic mass is 19.1. The highest BCUT2D eigenvalue weighted by Gasteiger charge is 2.25. The van der Waals surface area contributed by atoms with E-state index in [-0.39, 0.29) is 0 Å². The fourth-order valence-corrected chi connectivity index (χ4v) is 1.84. The maximum atomic E-state index is 14.1. The average Bonchev–Trinajstić information content (AvgIpc) is 2.34. The molecule has 0 heterocycles. The van der Waals surface area contributed by atoms with Gasteiger partial charge < -0.3 is 14.3 Å². The number of aldehydes is 1. The lowest BCUT2D eigenvalue weighted by atomic mass is 9.95. The number of halogens is 1. The van der Waals surface area contributed by atoms with E-state index in [0.717, 1.165) is 11.8 Å². The van der Waals surface area contributed by atoms with Gasteiger partial charge in [-0.15, -0.1) is 0 Å². The van der Waals surface area contributed by atoms with Crippen LogP contribution < -0.4 is 9.47 Å². The van der Waals surface area contributed by atoms with E-state index in [9.17, 15) is 9.18 Å². The van der Waals surface area contributed by atoms with E-state index in [1.165, 1.54) is 21.0 Å². The molecule has 100 valence electrons. The van der Waals surface area contributed by atoms with Gasteiger partial charge in [-0.05, 0) is 31.9 Å². The zero-order valence-corrected chi connectivity index (χ0v) is 11.2. The molecule has 0 aliphatic heterocycles. The van der Waals surface area contributed by atoms with Crippen LogP contribution in [-0.2, 0) is 16.9 Å². The molecule has 0 spiro atoms. The number of carbonyl (C=O) groups excluding carboxylic acids is 1. The molecule has 0 N–H and O–H groups in total. The first-order valence-corrected chi connectivity index (χ1v) is 5.82. The van der Waals surface area contributed by atoms with E-state index in [0.29, 0.717) is 29.9 Å². The average molecular weight is 254 g/mol. The number of hydrogen-bond acceptors (Lipinski definition) is 3. The van der Waals surface area contributed by atoms with Gasteiger partial charge >= 0.3 is 0 Å². The molecular weight excluding hydrogens is 235 g/mol. The molecule has 3 nitrogen and oxygen atoms in total. The summed E-state index contributed by atoms with van der Waals surface area (Å²) in [6.07, 6.45) is 1.75. The van der Waals surface area contributed by atoms with Crippen LogP contribution in [0.15, 0.2) is 12.1 Å². The third kappa shape index (κ3) is 3.22. The standard InChI is InChI=1S/C14H19FO3/c1-14(2,15)11-8-10(6-5-7-16)12(17-3)9-13(11)18-4/h7-9H,5-6H2,1-4H3. The van der Waals surface area contributed by atoms with E-state index in [2.05, 4.69) is 0 Å². The Hall–Kier alpha value is -1.58. The summed E-state index contributed by atoms with van der Waals surface area (Å²) < 4.78 is 24.5. The van der Waals surface area contributed by atoms with E-state index in [4.69, 9.17) is 9.47 Å². The molecule has 1 aromatic carbocycles. The van der Waals surface area contributed by atoms with Gasteiger partial charge in [0.15, 0.2) is 0 Å². The lowest BCUT2D eigenvalue weighted by molar-refractivity contribution is -0.107. The Labute approximate surface area is 107 Å². The fourth-order valence-electron chi connectivity index (χ4n) is 1.84. The van der Waals surface area contributed by atoms with Gasteiger partial charge in [0.25, 0.3) is 0 Å². The van der Waals surface area contributed by atoms with Crippen molar-refractivity contribution in [3.63, 3.8) is 0 Å². The summed E-state index contributed by atoms with van der Waals surface area (Å²) in [7, 11) is 3.04. The molecule has 0 aliphatic rings. The summed E-state index contributed by atoms with van der Waals surface area (Å²) in [6, 6.07) is 3.37. The van der Waals surface area contributed by atoms with Crippen LogP contribution in [0.5, 0.6) is 11.5 Å². The maximum Gasteiger partial charge on any atom is 0.134 e. The van der Waals surface area contributed by atoms with Crippen molar-refractivity contribution in [1.82, 2.24) is 0 Å². The van der Waals surface area contributed by atoms with Gasteiger partial charge in [0.1, 0.15) is 23.5 Å². The predicted molar refractivity (Wildman–Crippen MR) is 68.1 cm³/mol. The van der Waals surface area contributed by atoms with Crippen molar-refractivity contribution in [1.29, 1.82) is 0 Å². The Morgan fingerprint density at radius 2 is 1.83 bits per heavy atom.